The fraction of sp³-hybridized carbons (Fsp3) is 0.400. The molecule has 3 N–H and O–H groups in total. The molecule has 2 rings (SSSR count). The third-order valence-corrected chi connectivity index (χ3v) is 2.61. The molecule has 18 heavy (non-hydrogen) atoms. The van der Waals surface area contributed by atoms with Gasteiger partial charge in [-0.3, -0.25) is 5.10 Å². The molecule has 0 aliphatic heterocycles. The summed E-state index contributed by atoms with van der Waals surface area (Å²) in [6, 6.07) is 1.70. The summed E-state index contributed by atoms with van der Waals surface area (Å²) in [6.07, 6.45) is 1.19. The van der Waals surface area contributed by atoms with Gasteiger partial charge in [0.1, 0.15) is 6.10 Å². The summed E-state index contributed by atoms with van der Waals surface area (Å²) in [7, 11) is 0. The Kier molecular flexibility index (Phi) is 3.73. The van der Waals surface area contributed by atoms with E-state index < -0.39 is 12.2 Å². The molecule has 0 aromatic carbocycles. The molecule has 2 heterocycles. The smallest absolute Gasteiger partial charge is 0.155 e. The van der Waals surface area contributed by atoms with Gasteiger partial charge in [0.05, 0.1) is 12.3 Å². The van der Waals surface area contributed by atoms with E-state index in [2.05, 4.69) is 25.2 Å². The Hall–Kier alpha value is -2.15. The Balaban J connectivity index is 2.11. The van der Waals surface area contributed by atoms with E-state index in [4.69, 9.17) is 5.53 Å². The topological polar surface area (TPSA) is 131 Å². The molecule has 94 valence electrons. The number of pyridine rings is 1. The molecular weight excluding hydrogens is 236 g/mol. The molecule has 2 atom stereocenters. The Morgan fingerprint density at radius 3 is 3.06 bits per heavy atom. The van der Waals surface area contributed by atoms with Crippen molar-refractivity contribution in [3.05, 3.63) is 34.5 Å². The van der Waals surface area contributed by atoms with Crippen LogP contribution in [0.2, 0.25) is 0 Å². The third-order valence-electron chi connectivity index (χ3n) is 2.61. The van der Waals surface area contributed by atoms with Crippen LogP contribution in [-0.2, 0) is 0 Å². The largest absolute Gasteiger partial charge is 0.390 e. The quantitative estimate of drug-likeness (QED) is 0.414. The number of aliphatic hydroxyl groups excluding tert-OH is 2. The van der Waals surface area contributed by atoms with E-state index in [0.717, 1.165) is 5.39 Å². The van der Waals surface area contributed by atoms with Gasteiger partial charge >= 0.3 is 0 Å². The zero-order valence-electron chi connectivity index (χ0n) is 9.43. The van der Waals surface area contributed by atoms with E-state index in [1.807, 2.05) is 0 Å². The van der Waals surface area contributed by atoms with Gasteiger partial charge in [-0.15, -0.1) is 0 Å². The first-order valence-corrected chi connectivity index (χ1v) is 5.38. The normalized spacial score (nSPS) is 14.1. The molecule has 8 nitrogen and oxygen atoms in total. The molecular formula is C10H12N6O2. The summed E-state index contributed by atoms with van der Waals surface area (Å²) >= 11 is 0. The molecule has 2 unspecified atom stereocenters. The predicted molar refractivity (Wildman–Crippen MR) is 63.5 cm³/mol. The van der Waals surface area contributed by atoms with Crippen LogP contribution in [0.15, 0.2) is 23.6 Å². The Labute approximate surface area is 102 Å². The van der Waals surface area contributed by atoms with E-state index in [0.29, 0.717) is 11.2 Å². The van der Waals surface area contributed by atoms with Crippen LogP contribution in [0.25, 0.3) is 21.5 Å². The van der Waals surface area contributed by atoms with Gasteiger partial charge in [-0.2, -0.15) is 5.10 Å². The number of azide groups is 1. The van der Waals surface area contributed by atoms with Crippen molar-refractivity contribution in [2.75, 3.05) is 6.54 Å². The summed E-state index contributed by atoms with van der Waals surface area (Å²) in [5.74, 6) is 0. The van der Waals surface area contributed by atoms with Crippen LogP contribution in [0.3, 0.4) is 0 Å². The molecule has 0 radical (unpaired) electrons. The summed E-state index contributed by atoms with van der Waals surface area (Å²) in [6.45, 7) is 0.135. The number of nitrogens with zero attached hydrogens (tertiary/aromatic N) is 5. The number of hydrogen-bond donors (Lipinski definition) is 3. The van der Waals surface area contributed by atoms with Crippen LogP contribution in [0.5, 0.6) is 0 Å². The molecule has 8 heteroatoms. The Morgan fingerprint density at radius 1 is 1.44 bits per heavy atom. The van der Waals surface area contributed by atoms with Crippen molar-refractivity contribution in [1.29, 1.82) is 0 Å². The molecule has 0 spiro atoms. The average molecular weight is 248 g/mol. The van der Waals surface area contributed by atoms with Gasteiger partial charge in [-0.05, 0) is 18.0 Å². The first kappa shape index (κ1) is 12.3. The van der Waals surface area contributed by atoms with Crippen LogP contribution in [0.1, 0.15) is 18.1 Å². The molecule has 0 bridgehead atoms. The van der Waals surface area contributed by atoms with Crippen LogP contribution in [0.4, 0.5) is 0 Å². The minimum atomic E-state index is -1.06. The summed E-state index contributed by atoms with van der Waals surface area (Å²) in [5.41, 5.74) is 9.24. The maximum Gasteiger partial charge on any atom is 0.155 e. The highest BCUT2D eigenvalue weighted by atomic mass is 16.3. The summed E-state index contributed by atoms with van der Waals surface area (Å²) < 4.78 is 0. The SMILES string of the molecule is [N-]=[N+]=NCCC(O)C(O)c1cnc2[nH]ncc2c1. The zero-order valence-corrected chi connectivity index (χ0v) is 9.43. The highest BCUT2D eigenvalue weighted by molar-refractivity contribution is 5.74. The molecule has 0 aliphatic rings. The van der Waals surface area contributed by atoms with Crippen molar-refractivity contribution in [3.63, 3.8) is 0 Å². The molecule has 2 aromatic heterocycles. The highest BCUT2D eigenvalue weighted by Crippen LogP contribution is 2.21. The fourth-order valence-corrected chi connectivity index (χ4v) is 1.63. The number of aromatic nitrogens is 3. The van der Waals surface area contributed by atoms with E-state index in [-0.39, 0.29) is 13.0 Å². The molecule has 0 saturated heterocycles. The lowest BCUT2D eigenvalue weighted by atomic mass is 10.0. The van der Waals surface area contributed by atoms with Crippen LogP contribution >= 0.6 is 0 Å². The summed E-state index contributed by atoms with van der Waals surface area (Å²) in [5, 5.41) is 30.2. The monoisotopic (exact) mass is 248 g/mol. The number of hydrogen-bond acceptors (Lipinski definition) is 5. The first-order chi connectivity index (χ1) is 8.72. The molecule has 0 saturated carbocycles. The number of rotatable bonds is 5. The van der Waals surface area contributed by atoms with Crippen LogP contribution < -0.4 is 0 Å². The van der Waals surface area contributed by atoms with Gasteiger partial charge in [-0.25, -0.2) is 4.98 Å². The summed E-state index contributed by atoms with van der Waals surface area (Å²) in [4.78, 5) is 6.65. The van der Waals surface area contributed by atoms with Gasteiger partial charge < -0.3 is 10.2 Å². The second kappa shape index (κ2) is 5.46. The molecule has 0 fully saturated rings. The highest BCUT2D eigenvalue weighted by Gasteiger charge is 2.18. The molecule has 0 amide bonds. The first-order valence-electron chi connectivity index (χ1n) is 5.38. The second-order valence-corrected chi connectivity index (χ2v) is 3.83. The van der Waals surface area contributed by atoms with Crippen molar-refractivity contribution in [1.82, 2.24) is 15.2 Å². The van der Waals surface area contributed by atoms with E-state index >= 15 is 0 Å². The van der Waals surface area contributed by atoms with E-state index in [9.17, 15) is 10.2 Å². The maximum atomic E-state index is 9.93. The standard InChI is InChI=1S/C10H12N6O2/c11-16-13-2-1-8(17)9(18)6-3-7-5-14-15-10(7)12-4-6/h3-5,8-9,17-18H,1-2H2,(H,12,14,15). The lowest BCUT2D eigenvalue weighted by Gasteiger charge is -2.16. The third kappa shape index (κ3) is 2.57. The number of aromatic amines is 1. The van der Waals surface area contributed by atoms with Gasteiger partial charge in [0.2, 0.25) is 0 Å². The van der Waals surface area contributed by atoms with Gasteiger partial charge in [0.25, 0.3) is 0 Å². The predicted octanol–water partition coefficient (Wildman–Crippen LogP) is 1.05. The van der Waals surface area contributed by atoms with Crippen LogP contribution in [0, 0.1) is 0 Å². The average Bonchev–Trinajstić information content (AvgIpc) is 2.85. The minimum Gasteiger partial charge on any atom is -0.390 e. The number of fused-ring (bicyclic) bond motifs is 1. The van der Waals surface area contributed by atoms with Gasteiger partial charge in [0.15, 0.2) is 5.65 Å². The van der Waals surface area contributed by atoms with Crippen molar-refractivity contribution in [3.8, 4) is 0 Å². The van der Waals surface area contributed by atoms with Crippen molar-refractivity contribution >= 4 is 11.0 Å². The minimum absolute atomic E-state index is 0.135. The second-order valence-electron chi connectivity index (χ2n) is 3.83. The lowest BCUT2D eigenvalue weighted by Crippen LogP contribution is -2.19. The van der Waals surface area contributed by atoms with E-state index in [1.54, 1.807) is 12.3 Å². The Morgan fingerprint density at radius 2 is 2.28 bits per heavy atom. The van der Waals surface area contributed by atoms with Crippen molar-refractivity contribution in [2.45, 2.75) is 18.6 Å². The molecule has 2 aromatic rings. The number of aliphatic hydroxyl groups is 2. The molecule has 0 aliphatic carbocycles. The van der Waals surface area contributed by atoms with E-state index in [1.165, 1.54) is 6.20 Å². The number of nitrogens with one attached hydrogen (secondary N) is 1. The maximum absolute atomic E-state index is 9.93. The number of H-pyrrole nitrogens is 1. The van der Waals surface area contributed by atoms with Gasteiger partial charge in [-0.1, -0.05) is 5.11 Å². The lowest BCUT2D eigenvalue weighted by molar-refractivity contribution is 0.0149. The van der Waals surface area contributed by atoms with Crippen LogP contribution in [-0.4, -0.2) is 38.0 Å². The fourth-order valence-electron chi connectivity index (χ4n) is 1.63. The van der Waals surface area contributed by atoms with Gasteiger partial charge in [0, 0.05) is 28.6 Å². The van der Waals surface area contributed by atoms with Crippen molar-refractivity contribution in [2.24, 2.45) is 5.11 Å². The zero-order chi connectivity index (χ0) is 13.0. The van der Waals surface area contributed by atoms with Crippen molar-refractivity contribution < 1.29 is 10.2 Å². The Bertz CT molecular complexity index is 577.